The average molecular weight is 362 g/mol. The summed E-state index contributed by atoms with van der Waals surface area (Å²) in [6.45, 7) is 6.55. The van der Waals surface area contributed by atoms with E-state index in [1.165, 1.54) is 5.56 Å². The SMILES string of the molecule is Cc1cc(Nc2ccc3c(c2)OCO3)nc(Nc2ccccc2C(C)C)n1. The van der Waals surface area contributed by atoms with Gasteiger partial charge in [0.1, 0.15) is 5.82 Å². The number of aryl methyl sites for hydroxylation is 1. The van der Waals surface area contributed by atoms with Gasteiger partial charge in [-0.1, -0.05) is 32.0 Å². The molecule has 4 rings (SSSR count). The van der Waals surface area contributed by atoms with E-state index in [0.717, 1.165) is 28.6 Å². The van der Waals surface area contributed by atoms with E-state index in [-0.39, 0.29) is 6.79 Å². The van der Waals surface area contributed by atoms with Gasteiger partial charge in [0, 0.05) is 29.2 Å². The molecule has 138 valence electrons. The molecule has 0 aliphatic carbocycles. The molecular formula is C21H22N4O2. The van der Waals surface area contributed by atoms with E-state index < -0.39 is 0 Å². The summed E-state index contributed by atoms with van der Waals surface area (Å²) in [6.07, 6.45) is 0. The predicted octanol–water partition coefficient (Wildman–Crippen LogP) is 5.12. The Bertz CT molecular complexity index is 972. The molecule has 1 aliphatic rings. The second-order valence-electron chi connectivity index (χ2n) is 6.78. The predicted molar refractivity (Wildman–Crippen MR) is 106 cm³/mol. The molecule has 2 heterocycles. The van der Waals surface area contributed by atoms with Crippen LogP contribution in [0.3, 0.4) is 0 Å². The van der Waals surface area contributed by atoms with Crippen molar-refractivity contribution in [3.63, 3.8) is 0 Å². The van der Waals surface area contributed by atoms with Crippen molar-refractivity contribution in [2.24, 2.45) is 0 Å². The maximum atomic E-state index is 5.43. The molecule has 0 saturated carbocycles. The van der Waals surface area contributed by atoms with E-state index in [1.54, 1.807) is 0 Å². The van der Waals surface area contributed by atoms with Crippen LogP contribution < -0.4 is 20.1 Å². The van der Waals surface area contributed by atoms with Crippen molar-refractivity contribution < 1.29 is 9.47 Å². The molecular weight excluding hydrogens is 340 g/mol. The van der Waals surface area contributed by atoms with Crippen molar-refractivity contribution in [3.8, 4) is 11.5 Å². The van der Waals surface area contributed by atoms with E-state index in [4.69, 9.17) is 9.47 Å². The van der Waals surface area contributed by atoms with Crippen LogP contribution in [0.4, 0.5) is 23.1 Å². The maximum absolute atomic E-state index is 5.43. The molecule has 0 saturated heterocycles. The van der Waals surface area contributed by atoms with Gasteiger partial charge in [0.25, 0.3) is 0 Å². The zero-order valence-corrected chi connectivity index (χ0v) is 15.6. The Hall–Kier alpha value is -3.28. The summed E-state index contributed by atoms with van der Waals surface area (Å²) >= 11 is 0. The molecule has 0 unspecified atom stereocenters. The lowest BCUT2D eigenvalue weighted by molar-refractivity contribution is 0.174. The Balaban J connectivity index is 1.59. The van der Waals surface area contributed by atoms with E-state index in [9.17, 15) is 0 Å². The Morgan fingerprint density at radius 1 is 0.926 bits per heavy atom. The number of ether oxygens (including phenoxy) is 2. The highest BCUT2D eigenvalue weighted by Crippen LogP contribution is 2.35. The van der Waals surface area contributed by atoms with Gasteiger partial charge in [-0.3, -0.25) is 0 Å². The maximum Gasteiger partial charge on any atom is 0.231 e. The largest absolute Gasteiger partial charge is 0.454 e. The second kappa shape index (κ2) is 7.15. The highest BCUT2D eigenvalue weighted by Gasteiger charge is 2.14. The number of hydrogen-bond donors (Lipinski definition) is 2. The first-order chi connectivity index (χ1) is 13.1. The third kappa shape index (κ3) is 3.79. The van der Waals surface area contributed by atoms with Crippen molar-refractivity contribution in [2.75, 3.05) is 17.4 Å². The van der Waals surface area contributed by atoms with Gasteiger partial charge >= 0.3 is 0 Å². The fourth-order valence-corrected chi connectivity index (χ4v) is 3.05. The quantitative estimate of drug-likeness (QED) is 0.656. The first-order valence-electron chi connectivity index (χ1n) is 8.97. The Morgan fingerprint density at radius 3 is 2.59 bits per heavy atom. The van der Waals surface area contributed by atoms with Gasteiger partial charge in [-0.2, -0.15) is 4.98 Å². The van der Waals surface area contributed by atoms with Crippen LogP contribution in [0.1, 0.15) is 31.0 Å². The molecule has 0 bridgehead atoms. The van der Waals surface area contributed by atoms with Crippen LogP contribution in [-0.4, -0.2) is 16.8 Å². The van der Waals surface area contributed by atoms with E-state index in [1.807, 2.05) is 49.4 Å². The summed E-state index contributed by atoms with van der Waals surface area (Å²) in [5.74, 6) is 3.17. The van der Waals surface area contributed by atoms with Gasteiger partial charge in [0.15, 0.2) is 11.5 Å². The molecule has 1 aromatic heterocycles. The van der Waals surface area contributed by atoms with Crippen molar-refractivity contribution in [1.82, 2.24) is 9.97 Å². The lowest BCUT2D eigenvalue weighted by Crippen LogP contribution is -2.04. The van der Waals surface area contributed by atoms with Gasteiger partial charge in [-0.05, 0) is 36.6 Å². The number of benzene rings is 2. The van der Waals surface area contributed by atoms with Crippen LogP contribution in [0.2, 0.25) is 0 Å². The van der Waals surface area contributed by atoms with E-state index in [0.29, 0.717) is 17.7 Å². The summed E-state index contributed by atoms with van der Waals surface area (Å²) < 4.78 is 10.8. The lowest BCUT2D eigenvalue weighted by Gasteiger charge is -2.15. The highest BCUT2D eigenvalue weighted by atomic mass is 16.7. The second-order valence-corrected chi connectivity index (χ2v) is 6.78. The number of aromatic nitrogens is 2. The minimum atomic E-state index is 0.259. The summed E-state index contributed by atoms with van der Waals surface area (Å²) in [4.78, 5) is 9.13. The van der Waals surface area contributed by atoms with Gasteiger partial charge in [-0.25, -0.2) is 4.98 Å². The summed E-state index contributed by atoms with van der Waals surface area (Å²) in [6, 6.07) is 15.9. The molecule has 0 amide bonds. The minimum absolute atomic E-state index is 0.259. The molecule has 2 aromatic carbocycles. The minimum Gasteiger partial charge on any atom is -0.454 e. The zero-order chi connectivity index (χ0) is 18.8. The number of anilines is 4. The molecule has 0 fully saturated rings. The normalized spacial score (nSPS) is 12.3. The Labute approximate surface area is 158 Å². The smallest absolute Gasteiger partial charge is 0.231 e. The Morgan fingerprint density at radius 2 is 1.74 bits per heavy atom. The number of para-hydroxylation sites is 1. The third-order valence-corrected chi connectivity index (χ3v) is 4.33. The van der Waals surface area contributed by atoms with Crippen LogP contribution in [0, 0.1) is 6.92 Å². The molecule has 27 heavy (non-hydrogen) atoms. The molecule has 6 heteroatoms. The van der Waals surface area contributed by atoms with Gasteiger partial charge < -0.3 is 20.1 Å². The number of nitrogens with zero attached hydrogens (tertiary/aromatic N) is 2. The van der Waals surface area contributed by atoms with Crippen molar-refractivity contribution in [1.29, 1.82) is 0 Å². The van der Waals surface area contributed by atoms with Gasteiger partial charge in [0.2, 0.25) is 12.7 Å². The van der Waals surface area contributed by atoms with Gasteiger partial charge in [0.05, 0.1) is 0 Å². The van der Waals surface area contributed by atoms with E-state index in [2.05, 4.69) is 40.5 Å². The molecule has 0 atom stereocenters. The molecule has 3 aromatic rings. The van der Waals surface area contributed by atoms with Crippen LogP contribution >= 0.6 is 0 Å². The molecule has 1 aliphatic heterocycles. The number of rotatable bonds is 5. The van der Waals surface area contributed by atoms with Gasteiger partial charge in [-0.15, -0.1) is 0 Å². The van der Waals surface area contributed by atoms with Crippen molar-refractivity contribution >= 4 is 23.1 Å². The molecule has 0 spiro atoms. The molecule has 2 N–H and O–H groups in total. The zero-order valence-electron chi connectivity index (χ0n) is 15.6. The fraction of sp³-hybridized carbons (Fsp3) is 0.238. The monoisotopic (exact) mass is 362 g/mol. The first kappa shape index (κ1) is 17.1. The Kier molecular flexibility index (Phi) is 4.54. The van der Waals surface area contributed by atoms with Crippen molar-refractivity contribution in [2.45, 2.75) is 26.7 Å². The average Bonchev–Trinajstić information content (AvgIpc) is 3.09. The van der Waals surface area contributed by atoms with Crippen LogP contribution in [0.25, 0.3) is 0 Å². The standard InChI is InChI=1S/C21H22N4O2/c1-13(2)16-6-4-5-7-17(16)24-21-22-14(3)10-20(25-21)23-15-8-9-18-19(11-15)27-12-26-18/h4-11,13H,12H2,1-3H3,(H2,22,23,24,25). The van der Waals surface area contributed by atoms with Crippen LogP contribution in [0.5, 0.6) is 11.5 Å². The number of hydrogen-bond acceptors (Lipinski definition) is 6. The summed E-state index contributed by atoms with van der Waals surface area (Å²) in [7, 11) is 0. The molecule has 6 nitrogen and oxygen atoms in total. The lowest BCUT2D eigenvalue weighted by atomic mass is 10.0. The topological polar surface area (TPSA) is 68.3 Å². The van der Waals surface area contributed by atoms with Crippen LogP contribution in [-0.2, 0) is 0 Å². The van der Waals surface area contributed by atoms with E-state index >= 15 is 0 Å². The highest BCUT2D eigenvalue weighted by molar-refractivity contribution is 5.64. The summed E-state index contributed by atoms with van der Waals surface area (Å²) in [5.41, 5.74) is 4.00. The van der Waals surface area contributed by atoms with Crippen molar-refractivity contribution in [3.05, 3.63) is 59.8 Å². The summed E-state index contributed by atoms with van der Waals surface area (Å²) in [5, 5.41) is 6.67. The number of nitrogens with one attached hydrogen (secondary N) is 2. The molecule has 0 radical (unpaired) electrons. The first-order valence-corrected chi connectivity index (χ1v) is 8.97. The number of fused-ring (bicyclic) bond motifs is 1. The fourth-order valence-electron chi connectivity index (χ4n) is 3.05. The third-order valence-electron chi connectivity index (χ3n) is 4.33. The van der Waals surface area contributed by atoms with Crippen LogP contribution in [0.15, 0.2) is 48.5 Å².